The molecular weight excluding hydrogens is 817 g/mol. The number of hydrogen-bond acceptors (Lipinski definition) is 15. The molecule has 0 aromatic heterocycles. The maximum Gasteiger partial charge on any atom is 0.407 e. The number of nitrogens with zero attached hydrogens (tertiary/aromatic N) is 4. The van der Waals surface area contributed by atoms with Gasteiger partial charge in [0.25, 0.3) is 0 Å². The Morgan fingerprint density at radius 1 is 0.661 bits per heavy atom. The number of amides is 1. The van der Waals surface area contributed by atoms with E-state index in [0.717, 1.165) is 5.56 Å². The Morgan fingerprint density at radius 3 is 1.63 bits per heavy atom. The largest absolute Gasteiger partial charge is 0.459 e. The van der Waals surface area contributed by atoms with Crippen molar-refractivity contribution in [2.24, 2.45) is 0 Å². The van der Waals surface area contributed by atoms with Crippen LogP contribution in [0.2, 0.25) is 0 Å². The van der Waals surface area contributed by atoms with Crippen molar-refractivity contribution in [2.75, 3.05) is 97.9 Å². The SMILES string of the molecule is CCOP(=O)(CCCN1CCN(CC(=O)OC(C)(C)C)CCN(C(CCCCNC(=O)OCc2ccccc2)C(=O)OC(C)(C)C)CCN(CC(=O)OC(C)(C)C)CC1)OCC. The molecule has 62 heavy (non-hydrogen) atoms. The molecule has 1 aliphatic heterocycles. The summed E-state index contributed by atoms with van der Waals surface area (Å²) in [5, 5.41) is 2.81. The first-order chi connectivity index (χ1) is 29.0. The highest BCUT2D eigenvalue weighted by Gasteiger charge is 2.32. The van der Waals surface area contributed by atoms with Gasteiger partial charge in [0.2, 0.25) is 0 Å². The molecule has 1 aromatic rings. The van der Waals surface area contributed by atoms with E-state index in [2.05, 4.69) is 24.9 Å². The van der Waals surface area contributed by atoms with Crippen LogP contribution in [0.15, 0.2) is 30.3 Å². The third-order valence-electron chi connectivity index (χ3n) is 9.48. The van der Waals surface area contributed by atoms with E-state index in [9.17, 15) is 23.7 Å². The predicted molar refractivity (Wildman–Crippen MR) is 241 cm³/mol. The van der Waals surface area contributed by atoms with Gasteiger partial charge in [-0.25, -0.2) is 4.79 Å². The number of carbonyl (C=O) groups excluding carboxylic acids is 4. The lowest BCUT2D eigenvalue weighted by atomic mass is 10.1. The van der Waals surface area contributed by atoms with Crippen molar-refractivity contribution in [1.29, 1.82) is 0 Å². The van der Waals surface area contributed by atoms with Crippen LogP contribution in [-0.2, 0) is 53.6 Å². The van der Waals surface area contributed by atoms with Crippen LogP contribution in [0.25, 0.3) is 0 Å². The van der Waals surface area contributed by atoms with Gasteiger partial charge in [-0.15, -0.1) is 0 Å². The maximum absolute atomic E-state index is 14.1. The zero-order valence-electron chi connectivity index (χ0n) is 39.8. The molecule has 1 unspecified atom stereocenters. The molecule has 2 rings (SSSR count). The van der Waals surface area contributed by atoms with E-state index in [1.807, 2.05) is 92.6 Å². The Kier molecular flexibility index (Phi) is 24.2. The lowest BCUT2D eigenvalue weighted by Crippen LogP contribution is -2.52. The summed E-state index contributed by atoms with van der Waals surface area (Å²) < 4.78 is 47.3. The Labute approximate surface area is 372 Å². The topological polar surface area (TPSA) is 166 Å². The number of esters is 3. The first-order valence-electron chi connectivity index (χ1n) is 22.4. The third kappa shape index (κ3) is 25.3. The Hall–Kier alpha value is -3.11. The molecule has 17 heteroatoms. The van der Waals surface area contributed by atoms with Gasteiger partial charge in [0.05, 0.1) is 32.5 Å². The molecule has 1 N–H and O–H groups in total. The number of nitrogens with one attached hydrogen (secondary N) is 1. The van der Waals surface area contributed by atoms with Gasteiger partial charge < -0.3 is 38.2 Å². The maximum atomic E-state index is 14.1. The molecular formula is C45H80N5O11P. The van der Waals surface area contributed by atoms with Crippen LogP contribution < -0.4 is 5.32 Å². The summed E-state index contributed by atoms with van der Waals surface area (Å²) in [6.45, 7) is 25.9. The van der Waals surface area contributed by atoms with Gasteiger partial charge in [-0.2, -0.15) is 0 Å². The van der Waals surface area contributed by atoms with Gasteiger partial charge >= 0.3 is 31.6 Å². The second kappa shape index (κ2) is 27.3. The molecule has 1 fully saturated rings. The number of alkyl carbamates (subject to hydrolysis) is 1. The van der Waals surface area contributed by atoms with Crippen molar-refractivity contribution in [1.82, 2.24) is 24.9 Å². The molecule has 0 saturated carbocycles. The van der Waals surface area contributed by atoms with E-state index < -0.39 is 36.5 Å². The van der Waals surface area contributed by atoms with Crippen LogP contribution in [0.5, 0.6) is 0 Å². The lowest BCUT2D eigenvalue weighted by molar-refractivity contribution is -0.163. The van der Waals surface area contributed by atoms with Gasteiger partial charge in [0, 0.05) is 58.9 Å². The van der Waals surface area contributed by atoms with Crippen LogP contribution in [0, 0.1) is 0 Å². The summed E-state index contributed by atoms with van der Waals surface area (Å²) in [5.74, 6) is -1.06. The van der Waals surface area contributed by atoms with Crippen molar-refractivity contribution >= 4 is 31.6 Å². The van der Waals surface area contributed by atoms with E-state index in [1.165, 1.54) is 0 Å². The zero-order valence-corrected chi connectivity index (χ0v) is 40.7. The van der Waals surface area contributed by atoms with E-state index in [0.29, 0.717) is 91.1 Å². The third-order valence-corrected chi connectivity index (χ3v) is 11.6. The van der Waals surface area contributed by atoms with Crippen LogP contribution >= 0.6 is 7.60 Å². The summed E-state index contributed by atoms with van der Waals surface area (Å²) >= 11 is 0. The fourth-order valence-electron chi connectivity index (χ4n) is 6.81. The summed E-state index contributed by atoms with van der Waals surface area (Å²) in [4.78, 5) is 61.5. The van der Waals surface area contributed by atoms with Crippen molar-refractivity contribution < 1.29 is 51.7 Å². The standard InChI is InChI=1S/C45H80N5O11P/c1-12-57-62(55,58-13-2)33-19-24-47-25-27-48(34-39(51)59-43(3,4)5)29-31-50(32-30-49(28-26-47)35-40(52)60-44(6,7)8)38(41(53)61-45(9,10)11)22-17-18-23-46-42(54)56-36-37-20-15-14-16-21-37/h14-16,20-21,38H,12-13,17-19,22-36H2,1-11H3,(H,46,54). The average molecular weight is 898 g/mol. The highest BCUT2D eigenvalue weighted by atomic mass is 31.2. The lowest BCUT2D eigenvalue weighted by Gasteiger charge is -2.37. The molecule has 0 aliphatic carbocycles. The Balaban J connectivity index is 2.37. The second-order valence-corrected chi connectivity index (χ2v) is 20.8. The molecule has 0 bridgehead atoms. The highest BCUT2D eigenvalue weighted by molar-refractivity contribution is 7.53. The highest BCUT2D eigenvalue weighted by Crippen LogP contribution is 2.48. The van der Waals surface area contributed by atoms with Crippen LogP contribution in [0.3, 0.4) is 0 Å². The summed E-state index contributed by atoms with van der Waals surface area (Å²) in [6.07, 6.45) is 1.98. The molecule has 1 heterocycles. The number of carbonyl (C=O) groups is 4. The Morgan fingerprint density at radius 2 is 1.15 bits per heavy atom. The minimum atomic E-state index is -3.24. The van der Waals surface area contributed by atoms with Gasteiger partial charge in [0.15, 0.2) is 0 Å². The molecule has 1 saturated heterocycles. The molecule has 0 spiro atoms. The van der Waals surface area contributed by atoms with E-state index in [1.54, 1.807) is 13.8 Å². The number of hydrogen-bond donors (Lipinski definition) is 1. The van der Waals surface area contributed by atoms with Gasteiger partial charge in [0.1, 0.15) is 29.5 Å². The molecule has 1 amide bonds. The van der Waals surface area contributed by atoms with Gasteiger partial charge in [-0.3, -0.25) is 33.6 Å². The number of unbranched alkanes of at least 4 members (excludes halogenated alkanes) is 1. The van der Waals surface area contributed by atoms with Crippen LogP contribution in [0.4, 0.5) is 4.79 Å². The van der Waals surface area contributed by atoms with E-state index in [4.69, 9.17) is 28.0 Å². The zero-order chi connectivity index (χ0) is 46.4. The van der Waals surface area contributed by atoms with Crippen molar-refractivity contribution in [2.45, 2.75) is 131 Å². The number of benzene rings is 1. The second-order valence-electron chi connectivity index (χ2n) is 18.7. The average Bonchev–Trinajstić information content (AvgIpc) is 3.14. The minimum Gasteiger partial charge on any atom is -0.459 e. The Bertz CT molecular complexity index is 1470. The fourth-order valence-corrected chi connectivity index (χ4v) is 8.46. The molecule has 1 aromatic carbocycles. The minimum absolute atomic E-state index is 0.0523. The summed E-state index contributed by atoms with van der Waals surface area (Å²) in [7, 11) is -3.24. The van der Waals surface area contributed by atoms with E-state index >= 15 is 0 Å². The predicted octanol–water partition coefficient (Wildman–Crippen LogP) is 6.35. The number of ether oxygens (including phenoxy) is 4. The molecule has 16 nitrogen and oxygen atoms in total. The molecule has 1 atom stereocenters. The van der Waals surface area contributed by atoms with Crippen LogP contribution in [0.1, 0.15) is 107 Å². The van der Waals surface area contributed by atoms with Crippen LogP contribution in [-0.4, -0.2) is 164 Å². The molecule has 356 valence electrons. The molecule has 0 radical (unpaired) electrons. The van der Waals surface area contributed by atoms with Crippen molar-refractivity contribution in [3.05, 3.63) is 35.9 Å². The van der Waals surface area contributed by atoms with Gasteiger partial charge in [-0.05, 0) is 114 Å². The van der Waals surface area contributed by atoms with Crippen molar-refractivity contribution in [3.63, 3.8) is 0 Å². The summed E-state index contributed by atoms with van der Waals surface area (Å²) in [6, 6.07) is 8.82. The fraction of sp³-hybridized carbons (Fsp3) is 0.778. The number of rotatable bonds is 21. The van der Waals surface area contributed by atoms with Gasteiger partial charge in [-0.1, -0.05) is 30.3 Å². The van der Waals surface area contributed by atoms with E-state index in [-0.39, 0.29) is 57.0 Å². The first kappa shape index (κ1) is 55.0. The first-order valence-corrected chi connectivity index (χ1v) is 24.1. The summed E-state index contributed by atoms with van der Waals surface area (Å²) in [5.41, 5.74) is -1.17. The molecule has 1 aliphatic rings. The smallest absolute Gasteiger partial charge is 0.407 e. The quantitative estimate of drug-likeness (QED) is 0.0627. The monoisotopic (exact) mass is 898 g/mol. The van der Waals surface area contributed by atoms with Crippen molar-refractivity contribution in [3.8, 4) is 0 Å². The normalized spacial score (nSPS) is 16.7.